The Labute approximate surface area is 108 Å². The summed E-state index contributed by atoms with van der Waals surface area (Å²) < 4.78 is 30.9. The summed E-state index contributed by atoms with van der Waals surface area (Å²) in [5, 5.41) is 3.26. The predicted molar refractivity (Wildman–Crippen MR) is 66.8 cm³/mol. The molecule has 2 heterocycles. The van der Waals surface area contributed by atoms with Crippen molar-refractivity contribution < 1.29 is 12.8 Å². The Morgan fingerprint density at radius 3 is 2.76 bits per heavy atom. The number of halogens is 1. The Hall–Kier alpha value is -0.560. The summed E-state index contributed by atoms with van der Waals surface area (Å²) in [6, 6.07) is 3.15. The van der Waals surface area contributed by atoms with Gasteiger partial charge in [0, 0.05) is 25.2 Å². The van der Waals surface area contributed by atoms with Crippen LogP contribution in [0.15, 0.2) is 27.9 Å². The molecule has 7 heteroatoms. The maximum Gasteiger partial charge on any atom is 0.276 e. The summed E-state index contributed by atoms with van der Waals surface area (Å²) in [6.45, 7) is 5.03. The zero-order valence-corrected chi connectivity index (χ0v) is 11.4. The van der Waals surface area contributed by atoms with Gasteiger partial charge in [-0.2, -0.15) is 4.31 Å². The summed E-state index contributed by atoms with van der Waals surface area (Å²) in [4.78, 5) is 0. The monoisotopic (exact) mass is 280 g/mol. The van der Waals surface area contributed by atoms with Crippen LogP contribution in [0, 0.1) is 0 Å². The van der Waals surface area contributed by atoms with Crippen molar-refractivity contribution in [1.29, 1.82) is 0 Å². The molecular formula is C10H17ClN2O3S. The molecule has 0 aliphatic carbocycles. The molecule has 98 valence electrons. The third kappa shape index (κ3) is 2.65. The van der Waals surface area contributed by atoms with E-state index in [1.54, 1.807) is 6.07 Å². The topological polar surface area (TPSA) is 62.6 Å². The van der Waals surface area contributed by atoms with Crippen molar-refractivity contribution >= 4 is 22.4 Å². The molecule has 0 bridgehead atoms. The molecule has 1 saturated heterocycles. The van der Waals surface area contributed by atoms with Crippen LogP contribution in [0.25, 0.3) is 0 Å². The Bertz CT molecular complexity index is 446. The van der Waals surface area contributed by atoms with Gasteiger partial charge in [-0.25, -0.2) is 8.42 Å². The van der Waals surface area contributed by atoms with E-state index in [1.807, 2.05) is 13.8 Å². The Morgan fingerprint density at radius 2 is 2.18 bits per heavy atom. The van der Waals surface area contributed by atoms with E-state index in [1.165, 1.54) is 16.6 Å². The number of sulfonamides is 1. The van der Waals surface area contributed by atoms with E-state index in [4.69, 9.17) is 4.42 Å². The second kappa shape index (κ2) is 5.39. The van der Waals surface area contributed by atoms with Crippen LogP contribution in [0.3, 0.4) is 0 Å². The van der Waals surface area contributed by atoms with E-state index in [0.29, 0.717) is 13.1 Å². The molecule has 1 aliphatic rings. The SMILES string of the molecule is CC1NCCN(S(=O)(=O)c2ccco2)C1C.Cl. The first-order chi connectivity index (χ1) is 7.53. The van der Waals surface area contributed by atoms with Crippen LogP contribution in [0.5, 0.6) is 0 Å². The van der Waals surface area contributed by atoms with Gasteiger partial charge in [0.25, 0.3) is 10.0 Å². The maximum absolute atomic E-state index is 12.2. The summed E-state index contributed by atoms with van der Waals surface area (Å²) in [5.41, 5.74) is 0. The van der Waals surface area contributed by atoms with Gasteiger partial charge in [0.15, 0.2) is 0 Å². The molecule has 0 spiro atoms. The van der Waals surface area contributed by atoms with Gasteiger partial charge < -0.3 is 9.73 Å². The van der Waals surface area contributed by atoms with Crippen molar-refractivity contribution in [2.75, 3.05) is 13.1 Å². The second-order valence-electron chi connectivity index (χ2n) is 4.03. The lowest BCUT2D eigenvalue weighted by Crippen LogP contribution is -2.56. The number of piperazine rings is 1. The van der Waals surface area contributed by atoms with Crippen molar-refractivity contribution in [2.24, 2.45) is 0 Å². The molecule has 1 N–H and O–H groups in total. The summed E-state index contributed by atoms with van der Waals surface area (Å²) in [6.07, 6.45) is 1.38. The third-order valence-corrected chi connectivity index (χ3v) is 4.91. The molecule has 1 aliphatic heterocycles. The van der Waals surface area contributed by atoms with E-state index >= 15 is 0 Å². The van der Waals surface area contributed by atoms with Gasteiger partial charge in [-0.1, -0.05) is 0 Å². The van der Waals surface area contributed by atoms with Crippen molar-refractivity contribution in [2.45, 2.75) is 31.0 Å². The third-order valence-electron chi connectivity index (χ3n) is 3.03. The van der Waals surface area contributed by atoms with E-state index < -0.39 is 10.0 Å². The highest BCUT2D eigenvalue weighted by Gasteiger charge is 2.35. The first-order valence-electron chi connectivity index (χ1n) is 5.32. The van der Waals surface area contributed by atoms with E-state index in [2.05, 4.69) is 5.32 Å². The van der Waals surface area contributed by atoms with Gasteiger partial charge in [-0.3, -0.25) is 0 Å². The van der Waals surface area contributed by atoms with E-state index in [9.17, 15) is 8.42 Å². The average Bonchev–Trinajstić information content (AvgIpc) is 2.75. The number of nitrogens with zero attached hydrogens (tertiary/aromatic N) is 1. The molecule has 0 saturated carbocycles. The predicted octanol–water partition coefficient (Wildman–Crippen LogP) is 1.07. The molecule has 2 atom stereocenters. The highest BCUT2D eigenvalue weighted by Crippen LogP contribution is 2.21. The molecular weight excluding hydrogens is 264 g/mol. The number of hydrogen-bond acceptors (Lipinski definition) is 4. The molecule has 17 heavy (non-hydrogen) atoms. The molecule has 2 rings (SSSR count). The minimum absolute atomic E-state index is 0. The molecule has 0 amide bonds. The quantitative estimate of drug-likeness (QED) is 0.880. The maximum atomic E-state index is 12.2. The molecule has 5 nitrogen and oxygen atoms in total. The van der Waals surface area contributed by atoms with Gasteiger partial charge in [0.05, 0.1) is 6.26 Å². The lowest BCUT2D eigenvalue weighted by atomic mass is 10.1. The van der Waals surface area contributed by atoms with Crippen molar-refractivity contribution in [1.82, 2.24) is 9.62 Å². The molecule has 0 radical (unpaired) electrons. The highest BCUT2D eigenvalue weighted by atomic mass is 35.5. The smallest absolute Gasteiger partial charge is 0.276 e. The summed E-state index contributed by atoms with van der Waals surface area (Å²) >= 11 is 0. The number of nitrogens with one attached hydrogen (secondary N) is 1. The fourth-order valence-electron chi connectivity index (χ4n) is 1.89. The lowest BCUT2D eigenvalue weighted by Gasteiger charge is -2.36. The number of furan rings is 1. The van der Waals surface area contributed by atoms with Crippen molar-refractivity contribution in [3.8, 4) is 0 Å². The Morgan fingerprint density at radius 1 is 1.47 bits per heavy atom. The lowest BCUT2D eigenvalue weighted by molar-refractivity contribution is 0.228. The zero-order valence-electron chi connectivity index (χ0n) is 9.79. The van der Waals surface area contributed by atoms with Gasteiger partial charge in [0.1, 0.15) is 0 Å². The largest absolute Gasteiger partial charge is 0.452 e. The summed E-state index contributed by atoms with van der Waals surface area (Å²) in [5.74, 6) is 0. The fraction of sp³-hybridized carbons (Fsp3) is 0.600. The Balaban J connectivity index is 0.00000144. The van der Waals surface area contributed by atoms with E-state index in [-0.39, 0.29) is 29.6 Å². The number of rotatable bonds is 2. The molecule has 1 aromatic rings. The van der Waals surface area contributed by atoms with Crippen LogP contribution in [0.2, 0.25) is 0 Å². The Kier molecular flexibility index (Phi) is 4.60. The first-order valence-corrected chi connectivity index (χ1v) is 6.76. The van der Waals surface area contributed by atoms with Gasteiger partial charge in [0.2, 0.25) is 5.09 Å². The van der Waals surface area contributed by atoms with E-state index in [0.717, 1.165) is 0 Å². The molecule has 1 aromatic heterocycles. The first kappa shape index (κ1) is 14.5. The molecule has 1 fully saturated rings. The van der Waals surface area contributed by atoms with Gasteiger partial charge in [-0.15, -0.1) is 12.4 Å². The van der Waals surface area contributed by atoms with Crippen LogP contribution < -0.4 is 5.32 Å². The van der Waals surface area contributed by atoms with Crippen LogP contribution in [0.4, 0.5) is 0 Å². The van der Waals surface area contributed by atoms with Crippen molar-refractivity contribution in [3.05, 3.63) is 18.4 Å². The van der Waals surface area contributed by atoms with Crippen LogP contribution >= 0.6 is 12.4 Å². The fourth-order valence-corrected chi connectivity index (χ4v) is 3.50. The standard InChI is InChI=1S/C10H16N2O3S.ClH/c1-8-9(2)12(6-5-11-8)16(13,14)10-4-3-7-15-10;/h3-4,7-9,11H,5-6H2,1-2H3;1H. The van der Waals surface area contributed by atoms with Gasteiger partial charge >= 0.3 is 0 Å². The van der Waals surface area contributed by atoms with Crippen LogP contribution in [-0.2, 0) is 10.0 Å². The molecule has 0 aromatic carbocycles. The minimum Gasteiger partial charge on any atom is -0.452 e. The normalized spacial score (nSPS) is 26.5. The second-order valence-corrected chi connectivity index (χ2v) is 5.85. The average molecular weight is 281 g/mol. The number of hydrogen-bond donors (Lipinski definition) is 1. The van der Waals surface area contributed by atoms with Crippen LogP contribution in [-0.4, -0.2) is 37.9 Å². The molecule has 2 unspecified atom stereocenters. The zero-order chi connectivity index (χ0) is 11.8. The van der Waals surface area contributed by atoms with Crippen molar-refractivity contribution in [3.63, 3.8) is 0 Å². The minimum atomic E-state index is -3.47. The summed E-state index contributed by atoms with van der Waals surface area (Å²) in [7, 11) is -3.47. The van der Waals surface area contributed by atoms with Gasteiger partial charge in [-0.05, 0) is 26.0 Å². The van der Waals surface area contributed by atoms with Crippen LogP contribution in [0.1, 0.15) is 13.8 Å². The highest BCUT2D eigenvalue weighted by molar-refractivity contribution is 7.89.